The van der Waals surface area contributed by atoms with E-state index in [1.54, 1.807) is 17.4 Å². The normalized spacial score (nSPS) is 12.6. The van der Waals surface area contributed by atoms with Crippen molar-refractivity contribution >= 4 is 29.3 Å². The Hall–Kier alpha value is -1.62. The Bertz CT molecular complexity index is 451. The van der Waals surface area contributed by atoms with Gasteiger partial charge in [0.2, 0.25) is 5.91 Å². The molecular formula is C13H17NO3S. The number of hydrogen-bond donors (Lipinski definition) is 2. The van der Waals surface area contributed by atoms with Crippen molar-refractivity contribution < 1.29 is 14.7 Å². The van der Waals surface area contributed by atoms with Crippen molar-refractivity contribution in [1.82, 2.24) is 5.32 Å². The van der Waals surface area contributed by atoms with Gasteiger partial charge in [-0.2, -0.15) is 0 Å². The Morgan fingerprint density at radius 3 is 2.72 bits per heavy atom. The third kappa shape index (κ3) is 4.71. The van der Waals surface area contributed by atoms with Crippen molar-refractivity contribution in [3.63, 3.8) is 0 Å². The van der Waals surface area contributed by atoms with E-state index in [0.29, 0.717) is 12.8 Å². The predicted octanol–water partition coefficient (Wildman–Crippen LogP) is 2.44. The zero-order valence-corrected chi connectivity index (χ0v) is 11.3. The second-order valence-electron chi connectivity index (χ2n) is 3.97. The van der Waals surface area contributed by atoms with Gasteiger partial charge in [-0.05, 0) is 31.6 Å². The molecule has 0 saturated heterocycles. The second kappa shape index (κ2) is 6.96. The van der Waals surface area contributed by atoms with Crippen LogP contribution in [0, 0.1) is 6.92 Å². The number of carbonyl (C=O) groups is 2. The number of thiophene rings is 1. The van der Waals surface area contributed by atoms with Crippen LogP contribution in [0.1, 0.15) is 29.5 Å². The highest BCUT2D eigenvalue weighted by Crippen LogP contribution is 2.16. The minimum atomic E-state index is -0.995. The molecule has 1 heterocycles. The molecule has 0 aliphatic heterocycles. The van der Waals surface area contributed by atoms with E-state index < -0.39 is 12.0 Å². The quantitative estimate of drug-likeness (QED) is 0.778. The standard InChI is InChI=1S/C13H17NO3S/c1-3-4-11(13(16)17)14-12(15)8-7-10-6-5-9(2)18-10/h5-8,11H,3-4H2,1-2H3,(H,14,15)(H,16,17)/b8-7+. The van der Waals surface area contributed by atoms with Crippen molar-refractivity contribution in [2.45, 2.75) is 32.7 Å². The van der Waals surface area contributed by atoms with E-state index in [2.05, 4.69) is 5.32 Å². The third-order valence-corrected chi connectivity index (χ3v) is 3.32. The Morgan fingerprint density at radius 1 is 1.50 bits per heavy atom. The molecule has 18 heavy (non-hydrogen) atoms. The summed E-state index contributed by atoms with van der Waals surface area (Å²) >= 11 is 1.58. The summed E-state index contributed by atoms with van der Waals surface area (Å²) in [5.74, 6) is -1.37. The molecule has 1 amide bonds. The van der Waals surface area contributed by atoms with Gasteiger partial charge < -0.3 is 10.4 Å². The van der Waals surface area contributed by atoms with E-state index in [4.69, 9.17) is 5.11 Å². The molecule has 4 nitrogen and oxygen atoms in total. The molecule has 0 spiro atoms. The molecule has 1 unspecified atom stereocenters. The van der Waals surface area contributed by atoms with Crippen molar-refractivity contribution in [1.29, 1.82) is 0 Å². The van der Waals surface area contributed by atoms with Gasteiger partial charge in [-0.15, -0.1) is 11.3 Å². The molecule has 98 valence electrons. The summed E-state index contributed by atoms with van der Waals surface area (Å²) in [4.78, 5) is 24.6. The lowest BCUT2D eigenvalue weighted by Crippen LogP contribution is -2.39. The number of hydrogen-bond acceptors (Lipinski definition) is 3. The van der Waals surface area contributed by atoms with Gasteiger partial charge in [-0.3, -0.25) is 4.79 Å². The van der Waals surface area contributed by atoms with E-state index >= 15 is 0 Å². The van der Waals surface area contributed by atoms with Crippen LogP contribution in [0.5, 0.6) is 0 Å². The molecule has 0 radical (unpaired) electrons. The summed E-state index contributed by atoms with van der Waals surface area (Å²) in [6.07, 6.45) is 4.22. The van der Waals surface area contributed by atoms with Crippen LogP contribution in [0.4, 0.5) is 0 Å². The average Bonchev–Trinajstić information content (AvgIpc) is 2.72. The molecule has 1 aromatic heterocycles. The number of carboxylic acid groups (broad SMARTS) is 1. The molecule has 0 aromatic carbocycles. The zero-order chi connectivity index (χ0) is 13.5. The van der Waals surface area contributed by atoms with Crippen molar-refractivity contribution in [2.24, 2.45) is 0 Å². The number of aryl methyl sites for hydroxylation is 1. The summed E-state index contributed by atoms with van der Waals surface area (Å²) < 4.78 is 0. The van der Waals surface area contributed by atoms with E-state index in [1.165, 1.54) is 11.0 Å². The summed E-state index contributed by atoms with van der Waals surface area (Å²) in [7, 11) is 0. The second-order valence-corrected chi connectivity index (χ2v) is 5.29. The molecule has 1 rings (SSSR count). The Kier molecular flexibility index (Phi) is 5.58. The molecule has 0 saturated carbocycles. The number of carboxylic acids is 1. The number of rotatable bonds is 6. The van der Waals surface area contributed by atoms with Crippen LogP contribution in [0.25, 0.3) is 6.08 Å². The van der Waals surface area contributed by atoms with Crippen LogP contribution < -0.4 is 5.32 Å². The first kappa shape index (κ1) is 14.4. The molecule has 1 aromatic rings. The van der Waals surface area contributed by atoms with Crippen LogP contribution in [0.3, 0.4) is 0 Å². The molecule has 0 aliphatic carbocycles. The van der Waals surface area contributed by atoms with Gasteiger partial charge in [0.05, 0.1) is 0 Å². The molecule has 2 N–H and O–H groups in total. The van der Waals surface area contributed by atoms with Crippen LogP contribution in [-0.4, -0.2) is 23.0 Å². The Labute approximate surface area is 110 Å². The van der Waals surface area contributed by atoms with Gasteiger partial charge in [0, 0.05) is 15.8 Å². The molecule has 5 heteroatoms. The molecule has 0 bridgehead atoms. The van der Waals surface area contributed by atoms with Crippen LogP contribution in [0.2, 0.25) is 0 Å². The first-order valence-electron chi connectivity index (χ1n) is 5.80. The van der Waals surface area contributed by atoms with Crippen LogP contribution in [0.15, 0.2) is 18.2 Å². The van der Waals surface area contributed by atoms with E-state index in [1.807, 2.05) is 26.0 Å². The fourth-order valence-electron chi connectivity index (χ4n) is 1.47. The maximum atomic E-state index is 11.6. The summed E-state index contributed by atoms with van der Waals surface area (Å²) in [5.41, 5.74) is 0. The van der Waals surface area contributed by atoms with Crippen molar-refractivity contribution in [2.75, 3.05) is 0 Å². The molecule has 0 aliphatic rings. The number of nitrogens with one attached hydrogen (secondary N) is 1. The lowest BCUT2D eigenvalue weighted by atomic mass is 10.1. The first-order valence-corrected chi connectivity index (χ1v) is 6.62. The maximum Gasteiger partial charge on any atom is 0.326 e. The number of aliphatic carboxylic acids is 1. The SMILES string of the molecule is CCCC(NC(=O)/C=C/c1ccc(C)s1)C(=O)O. The van der Waals surface area contributed by atoms with E-state index in [9.17, 15) is 9.59 Å². The monoisotopic (exact) mass is 267 g/mol. The summed E-state index contributed by atoms with van der Waals surface area (Å²) in [6.45, 7) is 3.87. The molecule has 1 atom stereocenters. The average molecular weight is 267 g/mol. The van der Waals surface area contributed by atoms with Gasteiger partial charge >= 0.3 is 5.97 Å². The van der Waals surface area contributed by atoms with Crippen LogP contribution in [-0.2, 0) is 9.59 Å². The fourth-order valence-corrected chi connectivity index (χ4v) is 2.25. The largest absolute Gasteiger partial charge is 0.480 e. The predicted molar refractivity (Wildman–Crippen MR) is 72.6 cm³/mol. The summed E-state index contributed by atoms with van der Waals surface area (Å²) in [5, 5.41) is 11.4. The highest BCUT2D eigenvalue weighted by atomic mass is 32.1. The first-order chi connectivity index (χ1) is 8.52. The summed E-state index contributed by atoms with van der Waals surface area (Å²) in [6, 6.07) is 3.08. The fraction of sp³-hybridized carbons (Fsp3) is 0.385. The smallest absolute Gasteiger partial charge is 0.326 e. The molecular weight excluding hydrogens is 250 g/mol. The number of carbonyl (C=O) groups excluding carboxylic acids is 1. The van der Waals surface area contributed by atoms with Gasteiger partial charge in [-0.25, -0.2) is 4.79 Å². The minimum absolute atomic E-state index is 0.373. The lowest BCUT2D eigenvalue weighted by Gasteiger charge is -2.11. The van der Waals surface area contributed by atoms with Gasteiger partial charge in [-0.1, -0.05) is 13.3 Å². The highest BCUT2D eigenvalue weighted by Gasteiger charge is 2.17. The number of amides is 1. The topological polar surface area (TPSA) is 66.4 Å². The highest BCUT2D eigenvalue weighted by molar-refractivity contribution is 7.12. The molecule has 0 fully saturated rings. The van der Waals surface area contributed by atoms with Crippen molar-refractivity contribution in [3.8, 4) is 0 Å². The van der Waals surface area contributed by atoms with Crippen LogP contribution >= 0.6 is 11.3 Å². The Balaban J connectivity index is 2.54. The van der Waals surface area contributed by atoms with Gasteiger partial charge in [0.15, 0.2) is 0 Å². The van der Waals surface area contributed by atoms with E-state index in [-0.39, 0.29) is 5.91 Å². The van der Waals surface area contributed by atoms with Crippen molar-refractivity contribution in [3.05, 3.63) is 28.0 Å². The maximum absolute atomic E-state index is 11.6. The van der Waals surface area contributed by atoms with Gasteiger partial charge in [0.1, 0.15) is 6.04 Å². The van der Waals surface area contributed by atoms with E-state index in [0.717, 1.165) is 4.88 Å². The lowest BCUT2D eigenvalue weighted by molar-refractivity contribution is -0.141. The minimum Gasteiger partial charge on any atom is -0.480 e. The third-order valence-electron chi connectivity index (χ3n) is 2.35. The van der Waals surface area contributed by atoms with Gasteiger partial charge in [0.25, 0.3) is 0 Å². The Morgan fingerprint density at radius 2 is 2.22 bits per heavy atom. The zero-order valence-electron chi connectivity index (χ0n) is 10.5.